The molecule has 0 heterocycles. The van der Waals surface area contributed by atoms with E-state index < -0.39 is 10.0 Å². The fourth-order valence-corrected chi connectivity index (χ4v) is 4.17. The van der Waals surface area contributed by atoms with E-state index in [2.05, 4.69) is 21.2 Å². The highest BCUT2D eigenvalue weighted by Gasteiger charge is 2.18. The largest absolute Gasteiger partial charge is 0.493 e. The molecule has 0 fully saturated rings. The average Bonchev–Trinajstić information content (AvgIpc) is 2.70. The summed E-state index contributed by atoms with van der Waals surface area (Å²) >= 11 is 9.37. The minimum absolute atomic E-state index is 0.167. The predicted molar refractivity (Wildman–Crippen MR) is 122 cm³/mol. The molecule has 0 aromatic heterocycles. The minimum atomic E-state index is -3.51. The lowest BCUT2D eigenvalue weighted by molar-refractivity contribution is -0.121. The first kappa shape index (κ1) is 24.3. The van der Waals surface area contributed by atoms with Crippen molar-refractivity contribution in [2.45, 2.75) is 19.4 Å². The van der Waals surface area contributed by atoms with E-state index in [-0.39, 0.29) is 18.9 Å². The summed E-state index contributed by atoms with van der Waals surface area (Å²) in [6, 6.07) is 10.3. The van der Waals surface area contributed by atoms with Crippen LogP contribution in [0.15, 0.2) is 40.9 Å². The van der Waals surface area contributed by atoms with Gasteiger partial charge in [-0.3, -0.25) is 9.10 Å². The summed E-state index contributed by atoms with van der Waals surface area (Å²) in [5, 5.41) is 3.24. The maximum Gasteiger partial charge on any atom is 0.232 e. The molecule has 0 bridgehead atoms. The molecule has 1 amide bonds. The molecule has 2 aromatic carbocycles. The van der Waals surface area contributed by atoms with Crippen LogP contribution in [0.4, 0.5) is 5.69 Å². The van der Waals surface area contributed by atoms with Crippen molar-refractivity contribution in [3.8, 4) is 11.5 Å². The molecule has 164 valence electrons. The zero-order valence-corrected chi connectivity index (χ0v) is 20.1. The molecule has 10 heteroatoms. The third-order valence-electron chi connectivity index (χ3n) is 4.29. The summed E-state index contributed by atoms with van der Waals surface area (Å²) in [5.74, 6) is 1.02. The summed E-state index contributed by atoms with van der Waals surface area (Å²) in [4.78, 5) is 12.2. The summed E-state index contributed by atoms with van der Waals surface area (Å²) in [6.07, 6.45) is 1.67. The van der Waals surface area contributed by atoms with Crippen LogP contribution in [0.2, 0.25) is 5.02 Å². The lowest BCUT2D eigenvalue weighted by Gasteiger charge is -2.22. The number of anilines is 1. The normalized spacial score (nSPS) is 11.1. The summed E-state index contributed by atoms with van der Waals surface area (Å²) in [7, 11) is -0.408. The second-order valence-electron chi connectivity index (χ2n) is 6.50. The molecule has 0 saturated heterocycles. The Morgan fingerprint density at radius 2 is 1.83 bits per heavy atom. The van der Waals surface area contributed by atoms with Gasteiger partial charge in [-0.25, -0.2) is 8.42 Å². The number of nitrogens with one attached hydrogen (secondary N) is 1. The van der Waals surface area contributed by atoms with Gasteiger partial charge in [-0.05, 0) is 58.2 Å². The van der Waals surface area contributed by atoms with E-state index >= 15 is 0 Å². The van der Waals surface area contributed by atoms with Crippen molar-refractivity contribution < 1.29 is 22.7 Å². The fourth-order valence-electron chi connectivity index (χ4n) is 2.79. The molecule has 0 saturated carbocycles. The molecule has 2 aromatic rings. The molecule has 1 N–H and O–H groups in total. The first-order valence-electron chi connectivity index (χ1n) is 9.06. The Kier molecular flexibility index (Phi) is 8.81. The molecule has 30 heavy (non-hydrogen) atoms. The molecule has 0 aliphatic carbocycles. The molecule has 2 rings (SSSR count). The van der Waals surface area contributed by atoms with Crippen LogP contribution in [-0.2, 0) is 21.4 Å². The van der Waals surface area contributed by atoms with Crippen molar-refractivity contribution in [2.75, 3.05) is 31.3 Å². The van der Waals surface area contributed by atoms with Gasteiger partial charge in [0, 0.05) is 24.0 Å². The number of rotatable bonds is 10. The second-order valence-corrected chi connectivity index (χ2v) is 9.67. The minimum Gasteiger partial charge on any atom is -0.493 e. The highest BCUT2D eigenvalue weighted by atomic mass is 79.9. The Labute approximate surface area is 190 Å². The lowest BCUT2D eigenvalue weighted by atomic mass is 10.2. The first-order chi connectivity index (χ1) is 14.2. The summed E-state index contributed by atoms with van der Waals surface area (Å²) < 4.78 is 36.7. The standard InChI is InChI=1S/C20H24BrClN2O5S/c1-28-18-9-6-14(11-19(18)29-2)13-23-20(25)5-4-10-24(30(3,26)27)15-7-8-16(21)17(22)12-15/h6-9,11-12H,4-5,10,13H2,1-3H3,(H,23,25). The zero-order chi connectivity index (χ0) is 22.3. The number of sulfonamides is 1. The molecule has 0 unspecified atom stereocenters. The topological polar surface area (TPSA) is 84.9 Å². The molecule has 0 aliphatic rings. The lowest BCUT2D eigenvalue weighted by Crippen LogP contribution is -2.32. The average molecular weight is 520 g/mol. The Bertz CT molecular complexity index is 1000. The van der Waals surface area contributed by atoms with Gasteiger partial charge >= 0.3 is 0 Å². The van der Waals surface area contributed by atoms with E-state index in [0.717, 1.165) is 11.8 Å². The molecule has 0 aliphatic heterocycles. The van der Waals surface area contributed by atoms with Gasteiger partial charge in [-0.2, -0.15) is 0 Å². The van der Waals surface area contributed by atoms with Crippen molar-refractivity contribution in [3.63, 3.8) is 0 Å². The third-order valence-corrected chi connectivity index (χ3v) is 6.72. The van der Waals surface area contributed by atoms with E-state index in [1.165, 1.54) is 4.31 Å². The SMILES string of the molecule is COc1ccc(CNC(=O)CCCN(c2ccc(Br)c(Cl)c2)S(C)(=O)=O)cc1OC. The zero-order valence-electron chi connectivity index (χ0n) is 16.9. The Morgan fingerprint density at radius 3 is 2.43 bits per heavy atom. The van der Waals surface area contributed by atoms with Crippen molar-refractivity contribution in [3.05, 3.63) is 51.5 Å². The van der Waals surface area contributed by atoms with E-state index in [9.17, 15) is 13.2 Å². The van der Waals surface area contributed by atoms with Crippen LogP contribution in [0.25, 0.3) is 0 Å². The van der Waals surface area contributed by atoms with Crippen LogP contribution in [0.5, 0.6) is 11.5 Å². The van der Waals surface area contributed by atoms with Crippen molar-refractivity contribution >= 4 is 49.1 Å². The van der Waals surface area contributed by atoms with Crippen LogP contribution in [0.1, 0.15) is 18.4 Å². The van der Waals surface area contributed by atoms with E-state index in [0.29, 0.717) is 39.6 Å². The number of carbonyl (C=O) groups is 1. The Balaban J connectivity index is 1.92. The van der Waals surface area contributed by atoms with Crippen molar-refractivity contribution in [1.82, 2.24) is 5.32 Å². The van der Waals surface area contributed by atoms with Gasteiger partial charge < -0.3 is 14.8 Å². The van der Waals surface area contributed by atoms with E-state index in [4.69, 9.17) is 21.1 Å². The molecule has 0 spiro atoms. The number of nitrogens with zero attached hydrogens (tertiary/aromatic N) is 1. The number of amides is 1. The van der Waals surface area contributed by atoms with Crippen LogP contribution in [-0.4, -0.2) is 41.3 Å². The second kappa shape index (κ2) is 10.9. The molecule has 0 radical (unpaired) electrons. The van der Waals surface area contributed by atoms with E-state index in [1.807, 2.05) is 6.07 Å². The fraction of sp³-hybridized carbons (Fsp3) is 0.350. The molecular formula is C20H24BrClN2O5S. The summed E-state index contributed by atoms with van der Waals surface area (Å²) in [6.45, 7) is 0.498. The monoisotopic (exact) mass is 518 g/mol. The summed E-state index contributed by atoms with van der Waals surface area (Å²) in [5.41, 5.74) is 1.32. The van der Waals surface area contributed by atoms with Crippen LogP contribution in [0.3, 0.4) is 0 Å². The number of methoxy groups -OCH3 is 2. The molecular weight excluding hydrogens is 496 g/mol. The number of hydrogen-bond acceptors (Lipinski definition) is 5. The number of halogens is 2. The van der Waals surface area contributed by atoms with Crippen LogP contribution < -0.4 is 19.1 Å². The van der Waals surface area contributed by atoms with Gasteiger partial charge in [-0.15, -0.1) is 0 Å². The number of hydrogen-bond donors (Lipinski definition) is 1. The Morgan fingerprint density at radius 1 is 1.13 bits per heavy atom. The smallest absolute Gasteiger partial charge is 0.232 e. The highest BCUT2D eigenvalue weighted by molar-refractivity contribution is 9.10. The number of ether oxygens (including phenoxy) is 2. The van der Waals surface area contributed by atoms with Gasteiger partial charge in [0.15, 0.2) is 11.5 Å². The van der Waals surface area contributed by atoms with Gasteiger partial charge in [-0.1, -0.05) is 17.7 Å². The maximum atomic E-state index is 12.2. The van der Waals surface area contributed by atoms with Crippen molar-refractivity contribution in [2.24, 2.45) is 0 Å². The number of carbonyl (C=O) groups excluding carboxylic acids is 1. The van der Waals surface area contributed by atoms with Crippen LogP contribution in [0, 0.1) is 0 Å². The van der Waals surface area contributed by atoms with E-state index in [1.54, 1.807) is 44.6 Å². The maximum absolute atomic E-state index is 12.2. The highest BCUT2D eigenvalue weighted by Crippen LogP contribution is 2.29. The van der Waals surface area contributed by atoms with Crippen molar-refractivity contribution in [1.29, 1.82) is 0 Å². The third kappa shape index (κ3) is 6.78. The van der Waals surface area contributed by atoms with Gasteiger partial charge in [0.1, 0.15) is 0 Å². The Hall–Kier alpha value is -1.97. The van der Waals surface area contributed by atoms with Crippen LogP contribution >= 0.6 is 27.5 Å². The quantitative estimate of drug-likeness (QED) is 0.513. The van der Waals surface area contributed by atoms with Gasteiger partial charge in [0.25, 0.3) is 0 Å². The number of benzene rings is 2. The predicted octanol–water partition coefficient (Wildman–Crippen LogP) is 3.98. The van der Waals surface area contributed by atoms with Gasteiger partial charge in [0.2, 0.25) is 15.9 Å². The molecule has 7 nitrogen and oxygen atoms in total. The molecule has 0 atom stereocenters. The first-order valence-corrected chi connectivity index (χ1v) is 12.1. The van der Waals surface area contributed by atoms with Gasteiger partial charge in [0.05, 0.1) is 31.2 Å².